The monoisotopic (exact) mass is 202 g/mol. The Labute approximate surface area is 88.8 Å². The summed E-state index contributed by atoms with van der Waals surface area (Å²) in [7, 11) is 0. The Hall–Kier alpha value is -1.84. The van der Waals surface area contributed by atoms with Crippen LogP contribution < -0.4 is 5.73 Å². The second-order valence-corrected chi connectivity index (χ2v) is 3.60. The highest BCUT2D eigenvalue weighted by molar-refractivity contribution is 5.47. The molecule has 15 heavy (non-hydrogen) atoms. The molecule has 0 atom stereocenters. The maximum Gasteiger partial charge on any atom is 0.0826 e. The van der Waals surface area contributed by atoms with Gasteiger partial charge < -0.3 is 5.73 Å². The minimum atomic E-state index is 0.742. The maximum absolute atomic E-state index is 5.86. The summed E-state index contributed by atoms with van der Waals surface area (Å²) in [5.74, 6) is 0. The first-order valence-corrected chi connectivity index (χ1v) is 4.87. The summed E-state index contributed by atoms with van der Waals surface area (Å²) in [6.07, 6.45) is 3.56. The smallest absolute Gasteiger partial charge is 0.0826 e. The highest BCUT2D eigenvalue weighted by atomic mass is 15.3. The van der Waals surface area contributed by atoms with Crippen molar-refractivity contribution in [1.82, 2.24) is 14.8 Å². The van der Waals surface area contributed by atoms with E-state index in [1.165, 1.54) is 5.56 Å². The van der Waals surface area contributed by atoms with Crippen LogP contribution in [0, 0.1) is 13.8 Å². The molecule has 0 saturated carbocycles. The van der Waals surface area contributed by atoms with E-state index < -0.39 is 0 Å². The van der Waals surface area contributed by atoms with Crippen LogP contribution in [0.5, 0.6) is 0 Å². The summed E-state index contributed by atoms with van der Waals surface area (Å²) >= 11 is 0. The van der Waals surface area contributed by atoms with Crippen molar-refractivity contribution in [2.24, 2.45) is 0 Å². The number of nitrogens with zero attached hydrogens (tertiary/aromatic N) is 3. The van der Waals surface area contributed by atoms with E-state index in [-0.39, 0.29) is 0 Å². The molecule has 0 spiro atoms. The van der Waals surface area contributed by atoms with Crippen LogP contribution in [-0.4, -0.2) is 14.8 Å². The van der Waals surface area contributed by atoms with Crippen molar-refractivity contribution >= 4 is 5.69 Å². The van der Waals surface area contributed by atoms with Crippen LogP contribution >= 0.6 is 0 Å². The van der Waals surface area contributed by atoms with Crippen molar-refractivity contribution in [3.8, 4) is 0 Å². The quantitative estimate of drug-likeness (QED) is 0.803. The lowest BCUT2D eigenvalue weighted by atomic mass is 10.2. The molecular formula is C11H14N4. The number of aromatic nitrogens is 3. The van der Waals surface area contributed by atoms with Crippen molar-refractivity contribution in [3.05, 3.63) is 41.5 Å². The van der Waals surface area contributed by atoms with E-state index >= 15 is 0 Å². The topological polar surface area (TPSA) is 56.7 Å². The second kappa shape index (κ2) is 3.73. The molecule has 2 N–H and O–H groups in total. The first-order valence-electron chi connectivity index (χ1n) is 4.87. The number of nitrogens with two attached hydrogens (primary N) is 1. The first-order chi connectivity index (χ1) is 7.18. The van der Waals surface area contributed by atoms with Crippen LogP contribution in [0.2, 0.25) is 0 Å². The zero-order valence-corrected chi connectivity index (χ0v) is 8.94. The molecular weight excluding hydrogens is 188 g/mol. The number of hydrogen-bond acceptors (Lipinski definition) is 3. The lowest BCUT2D eigenvalue weighted by molar-refractivity contribution is 0.658. The van der Waals surface area contributed by atoms with Gasteiger partial charge in [0.25, 0.3) is 0 Å². The van der Waals surface area contributed by atoms with Crippen LogP contribution in [0.1, 0.15) is 17.0 Å². The molecule has 0 unspecified atom stereocenters. The summed E-state index contributed by atoms with van der Waals surface area (Å²) in [6, 6.07) is 3.96. The molecule has 0 saturated heterocycles. The SMILES string of the molecule is Cc1nn(Cc2ccncc2)c(C)c1N. The van der Waals surface area contributed by atoms with Crippen molar-refractivity contribution in [2.45, 2.75) is 20.4 Å². The van der Waals surface area contributed by atoms with Crippen LogP contribution in [0.3, 0.4) is 0 Å². The summed E-state index contributed by atoms with van der Waals surface area (Å²) in [5.41, 5.74) is 9.73. The van der Waals surface area contributed by atoms with E-state index in [2.05, 4.69) is 10.1 Å². The lowest BCUT2D eigenvalue weighted by Crippen LogP contribution is -2.04. The Morgan fingerprint density at radius 3 is 2.47 bits per heavy atom. The fourth-order valence-electron chi connectivity index (χ4n) is 1.53. The summed E-state index contributed by atoms with van der Waals surface area (Å²) in [6.45, 7) is 4.65. The average Bonchev–Trinajstić information content (AvgIpc) is 2.48. The molecule has 4 nitrogen and oxygen atoms in total. The molecule has 0 aromatic carbocycles. The van der Waals surface area contributed by atoms with Gasteiger partial charge in [0.05, 0.1) is 23.6 Å². The Bertz CT molecular complexity index is 459. The van der Waals surface area contributed by atoms with Crippen molar-refractivity contribution in [1.29, 1.82) is 0 Å². The zero-order valence-electron chi connectivity index (χ0n) is 8.94. The first kappa shape index (κ1) is 9.71. The molecule has 0 bridgehead atoms. The van der Waals surface area contributed by atoms with Gasteiger partial charge in [-0.15, -0.1) is 0 Å². The highest BCUT2D eigenvalue weighted by Crippen LogP contribution is 2.15. The highest BCUT2D eigenvalue weighted by Gasteiger charge is 2.07. The Kier molecular flexibility index (Phi) is 2.41. The van der Waals surface area contributed by atoms with Gasteiger partial charge >= 0.3 is 0 Å². The van der Waals surface area contributed by atoms with Gasteiger partial charge in [-0.1, -0.05) is 0 Å². The van der Waals surface area contributed by atoms with E-state index in [4.69, 9.17) is 5.73 Å². The predicted molar refractivity (Wildman–Crippen MR) is 59.5 cm³/mol. The average molecular weight is 202 g/mol. The van der Waals surface area contributed by atoms with Crippen LogP contribution in [0.4, 0.5) is 5.69 Å². The molecule has 0 aliphatic carbocycles. The number of anilines is 1. The molecule has 0 amide bonds. The van der Waals surface area contributed by atoms with Gasteiger partial charge in [0.1, 0.15) is 0 Å². The molecule has 2 aromatic rings. The van der Waals surface area contributed by atoms with Gasteiger partial charge in [0.15, 0.2) is 0 Å². The second-order valence-electron chi connectivity index (χ2n) is 3.60. The standard InChI is InChI=1S/C11H14N4/c1-8-11(12)9(2)15(14-8)7-10-3-5-13-6-4-10/h3-6H,7,12H2,1-2H3. The molecule has 4 heteroatoms. The lowest BCUT2D eigenvalue weighted by Gasteiger charge is -2.03. The van der Waals surface area contributed by atoms with E-state index in [0.717, 1.165) is 23.6 Å². The number of aryl methyl sites for hydroxylation is 1. The molecule has 78 valence electrons. The van der Waals surface area contributed by atoms with Gasteiger partial charge in [-0.25, -0.2) is 0 Å². The minimum absolute atomic E-state index is 0.742. The largest absolute Gasteiger partial charge is 0.396 e. The zero-order chi connectivity index (χ0) is 10.8. The molecule has 2 aromatic heterocycles. The van der Waals surface area contributed by atoms with Gasteiger partial charge in [-0.3, -0.25) is 9.67 Å². The van der Waals surface area contributed by atoms with Crippen molar-refractivity contribution < 1.29 is 0 Å². The van der Waals surface area contributed by atoms with E-state index in [1.807, 2.05) is 30.7 Å². The third kappa shape index (κ3) is 1.83. The third-order valence-electron chi connectivity index (χ3n) is 2.52. The molecule has 0 radical (unpaired) electrons. The Balaban J connectivity index is 2.29. The molecule has 0 fully saturated rings. The van der Waals surface area contributed by atoms with E-state index in [9.17, 15) is 0 Å². The number of rotatable bonds is 2. The molecule has 0 aliphatic rings. The predicted octanol–water partition coefficient (Wildman–Crippen LogP) is 1.53. The van der Waals surface area contributed by atoms with Crippen LogP contribution in [-0.2, 0) is 6.54 Å². The van der Waals surface area contributed by atoms with E-state index in [1.54, 1.807) is 12.4 Å². The summed E-state index contributed by atoms with van der Waals surface area (Å²) < 4.78 is 1.92. The number of nitrogen functional groups attached to an aromatic ring is 1. The Morgan fingerprint density at radius 2 is 1.93 bits per heavy atom. The van der Waals surface area contributed by atoms with Gasteiger partial charge in [-0.05, 0) is 31.5 Å². The van der Waals surface area contributed by atoms with Crippen molar-refractivity contribution in [3.63, 3.8) is 0 Å². The van der Waals surface area contributed by atoms with Gasteiger partial charge in [0, 0.05) is 12.4 Å². The normalized spacial score (nSPS) is 10.5. The molecule has 0 aliphatic heterocycles. The Morgan fingerprint density at radius 1 is 1.27 bits per heavy atom. The molecule has 2 heterocycles. The third-order valence-corrected chi connectivity index (χ3v) is 2.52. The van der Waals surface area contributed by atoms with Crippen molar-refractivity contribution in [2.75, 3.05) is 5.73 Å². The fraction of sp³-hybridized carbons (Fsp3) is 0.273. The maximum atomic E-state index is 5.86. The summed E-state index contributed by atoms with van der Waals surface area (Å²) in [5, 5.41) is 4.38. The van der Waals surface area contributed by atoms with E-state index in [0.29, 0.717) is 0 Å². The van der Waals surface area contributed by atoms with Crippen LogP contribution in [0.25, 0.3) is 0 Å². The number of hydrogen-bond donors (Lipinski definition) is 1. The number of pyridine rings is 1. The molecule has 2 rings (SSSR count). The van der Waals surface area contributed by atoms with Gasteiger partial charge in [-0.2, -0.15) is 5.10 Å². The minimum Gasteiger partial charge on any atom is -0.396 e. The fourth-order valence-corrected chi connectivity index (χ4v) is 1.53. The van der Waals surface area contributed by atoms with Gasteiger partial charge in [0.2, 0.25) is 0 Å². The summed E-state index contributed by atoms with van der Waals surface area (Å²) in [4.78, 5) is 3.98. The van der Waals surface area contributed by atoms with Crippen LogP contribution in [0.15, 0.2) is 24.5 Å².